The number of carbonyl (C=O) groups excluding carboxylic acids is 1. The lowest BCUT2D eigenvalue weighted by Crippen LogP contribution is -2.24. The van der Waals surface area contributed by atoms with E-state index in [2.05, 4.69) is 12.1 Å². The Kier molecular flexibility index (Phi) is 5.26. The molecule has 124 valence electrons. The van der Waals surface area contributed by atoms with Gasteiger partial charge in [-0.25, -0.2) is 4.99 Å². The van der Waals surface area contributed by atoms with E-state index in [1.54, 1.807) is 0 Å². The summed E-state index contributed by atoms with van der Waals surface area (Å²) in [7, 11) is 0. The highest BCUT2D eigenvalue weighted by Gasteiger charge is 2.27. The second-order valence-electron chi connectivity index (χ2n) is 6.18. The maximum atomic E-state index is 11.4. The minimum absolute atomic E-state index is 0.0920. The Labute approximate surface area is 142 Å². The molecule has 1 aliphatic rings. The first-order valence-corrected chi connectivity index (χ1v) is 8.27. The molecule has 0 saturated carbocycles. The summed E-state index contributed by atoms with van der Waals surface area (Å²) in [6.07, 6.45) is 1.81. The van der Waals surface area contributed by atoms with Crippen molar-refractivity contribution in [3.8, 4) is 0 Å². The quantitative estimate of drug-likeness (QED) is 0.852. The predicted molar refractivity (Wildman–Crippen MR) is 94.8 cm³/mol. The summed E-state index contributed by atoms with van der Waals surface area (Å²) in [5.41, 5.74) is 7.82. The molecular weight excluding hydrogens is 300 g/mol. The number of aliphatic imine (C=N–C) groups is 1. The van der Waals surface area contributed by atoms with Gasteiger partial charge in [-0.3, -0.25) is 4.79 Å². The molecular formula is C20H22N2O2. The standard InChI is InChI=1S/C20H22N2O2/c21-19(23)13-17(11-15-7-3-1-4-8-15)20-22-18(14-24-20)12-16-9-5-2-6-10-16/h1-10,17-18H,11-14H2,(H2,21,23)/t17-,18-/m0/s1. The van der Waals surface area contributed by atoms with Gasteiger partial charge in [0.25, 0.3) is 0 Å². The van der Waals surface area contributed by atoms with Crippen LogP contribution in [0.1, 0.15) is 17.5 Å². The fourth-order valence-corrected chi connectivity index (χ4v) is 3.04. The van der Waals surface area contributed by atoms with Crippen LogP contribution in [0, 0.1) is 5.92 Å². The Hall–Kier alpha value is -2.62. The van der Waals surface area contributed by atoms with E-state index in [1.807, 2.05) is 48.5 Å². The normalized spacial score (nSPS) is 17.8. The Morgan fingerprint density at radius 1 is 1.08 bits per heavy atom. The van der Waals surface area contributed by atoms with Crippen LogP contribution >= 0.6 is 0 Å². The number of nitrogens with two attached hydrogens (primary N) is 1. The molecule has 0 radical (unpaired) electrons. The fourth-order valence-electron chi connectivity index (χ4n) is 3.04. The summed E-state index contributed by atoms with van der Waals surface area (Å²) < 4.78 is 5.82. The Morgan fingerprint density at radius 2 is 1.71 bits per heavy atom. The van der Waals surface area contributed by atoms with Gasteiger partial charge in [-0.2, -0.15) is 0 Å². The molecule has 4 heteroatoms. The lowest BCUT2D eigenvalue weighted by molar-refractivity contribution is -0.118. The van der Waals surface area contributed by atoms with Crippen molar-refractivity contribution in [1.82, 2.24) is 0 Å². The SMILES string of the molecule is NC(=O)C[C@H](Cc1ccccc1)C1=N[C@@H](Cc2ccccc2)CO1. The van der Waals surface area contributed by atoms with Gasteiger partial charge in [0.1, 0.15) is 6.61 Å². The van der Waals surface area contributed by atoms with Gasteiger partial charge in [0.2, 0.25) is 5.91 Å². The van der Waals surface area contributed by atoms with E-state index in [4.69, 9.17) is 15.5 Å². The zero-order valence-electron chi connectivity index (χ0n) is 13.6. The molecule has 0 saturated heterocycles. The van der Waals surface area contributed by atoms with Gasteiger partial charge in [0.05, 0.1) is 6.04 Å². The lowest BCUT2D eigenvalue weighted by atomic mass is 9.95. The summed E-state index contributed by atoms with van der Waals surface area (Å²) in [5, 5.41) is 0. The third-order valence-corrected chi connectivity index (χ3v) is 4.17. The van der Waals surface area contributed by atoms with Gasteiger partial charge in [0, 0.05) is 12.3 Å². The molecule has 0 aromatic heterocycles. The lowest BCUT2D eigenvalue weighted by Gasteiger charge is -2.14. The second kappa shape index (κ2) is 7.77. The van der Waals surface area contributed by atoms with Gasteiger partial charge < -0.3 is 10.5 Å². The van der Waals surface area contributed by atoms with Gasteiger partial charge >= 0.3 is 0 Å². The van der Waals surface area contributed by atoms with Crippen molar-refractivity contribution in [2.24, 2.45) is 16.6 Å². The summed E-state index contributed by atoms with van der Waals surface area (Å²) in [4.78, 5) is 16.2. The van der Waals surface area contributed by atoms with Crippen molar-refractivity contribution in [2.45, 2.75) is 25.3 Å². The third kappa shape index (κ3) is 4.44. The number of amides is 1. The van der Waals surface area contributed by atoms with Crippen LogP contribution in [-0.4, -0.2) is 24.5 Å². The van der Waals surface area contributed by atoms with E-state index >= 15 is 0 Å². The van der Waals surface area contributed by atoms with E-state index in [0.717, 1.165) is 12.0 Å². The van der Waals surface area contributed by atoms with Crippen molar-refractivity contribution < 1.29 is 9.53 Å². The van der Waals surface area contributed by atoms with Crippen LogP contribution in [0.3, 0.4) is 0 Å². The molecule has 1 heterocycles. The number of primary amides is 1. The van der Waals surface area contributed by atoms with Crippen molar-refractivity contribution in [3.63, 3.8) is 0 Å². The molecule has 0 bridgehead atoms. The molecule has 2 atom stereocenters. The van der Waals surface area contributed by atoms with Crippen LogP contribution in [0.4, 0.5) is 0 Å². The number of hydrogen-bond acceptors (Lipinski definition) is 3. The molecule has 0 unspecified atom stereocenters. The molecule has 1 amide bonds. The maximum Gasteiger partial charge on any atom is 0.218 e. The highest BCUT2D eigenvalue weighted by atomic mass is 16.5. The molecule has 2 aromatic carbocycles. The highest BCUT2D eigenvalue weighted by molar-refractivity contribution is 5.86. The number of benzene rings is 2. The number of carbonyl (C=O) groups is 1. The molecule has 2 N–H and O–H groups in total. The van der Waals surface area contributed by atoms with Gasteiger partial charge in [0.15, 0.2) is 5.90 Å². The summed E-state index contributed by atoms with van der Waals surface area (Å²) in [6, 6.07) is 20.4. The fraction of sp³-hybridized carbons (Fsp3) is 0.300. The highest BCUT2D eigenvalue weighted by Crippen LogP contribution is 2.21. The van der Waals surface area contributed by atoms with Crippen LogP contribution in [0.5, 0.6) is 0 Å². The van der Waals surface area contributed by atoms with Crippen LogP contribution in [-0.2, 0) is 22.4 Å². The first-order chi connectivity index (χ1) is 11.7. The van der Waals surface area contributed by atoms with E-state index in [0.29, 0.717) is 18.9 Å². The zero-order chi connectivity index (χ0) is 16.8. The van der Waals surface area contributed by atoms with Crippen molar-refractivity contribution in [3.05, 3.63) is 71.8 Å². The van der Waals surface area contributed by atoms with E-state index in [1.165, 1.54) is 5.56 Å². The van der Waals surface area contributed by atoms with Gasteiger partial charge in [-0.05, 0) is 24.0 Å². The van der Waals surface area contributed by atoms with Gasteiger partial charge in [-0.15, -0.1) is 0 Å². The number of nitrogens with zero attached hydrogens (tertiary/aromatic N) is 1. The van der Waals surface area contributed by atoms with E-state index in [9.17, 15) is 4.79 Å². The second-order valence-corrected chi connectivity index (χ2v) is 6.18. The number of hydrogen-bond donors (Lipinski definition) is 1. The molecule has 0 spiro atoms. The predicted octanol–water partition coefficient (Wildman–Crippen LogP) is 2.76. The summed E-state index contributed by atoms with van der Waals surface area (Å²) in [5.74, 6) is 0.248. The van der Waals surface area contributed by atoms with Crippen LogP contribution in [0.2, 0.25) is 0 Å². The minimum atomic E-state index is -0.325. The molecule has 1 aliphatic heterocycles. The smallest absolute Gasteiger partial charge is 0.218 e. The molecule has 24 heavy (non-hydrogen) atoms. The molecule has 3 rings (SSSR count). The van der Waals surface area contributed by atoms with Gasteiger partial charge in [-0.1, -0.05) is 60.7 Å². The molecule has 4 nitrogen and oxygen atoms in total. The van der Waals surface area contributed by atoms with Crippen LogP contribution in [0.25, 0.3) is 0 Å². The Morgan fingerprint density at radius 3 is 2.33 bits per heavy atom. The number of ether oxygens (including phenoxy) is 1. The monoisotopic (exact) mass is 322 g/mol. The Balaban J connectivity index is 1.70. The summed E-state index contributed by atoms with van der Waals surface area (Å²) >= 11 is 0. The molecule has 0 aliphatic carbocycles. The van der Waals surface area contributed by atoms with Crippen LogP contribution in [0.15, 0.2) is 65.7 Å². The van der Waals surface area contributed by atoms with E-state index < -0.39 is 0 Å². The topological polar surface area (TPSA) is 64.7 Å². The maximum absolute atomic E-state index is 11.4. The minimum Gasteiger partial charge on any atom is -0.478 e. The zero-order valence-corrected chi connectivity index (χ0v) is 13.6. The van der Waals surface area contributed by atoms with Crippen LogP contribution < -0.4 is 5.73 Å². The average molecular weight is 322 g/mol. The molecule has 0 fully saturated rings. The van der Waals surface area contributed by atoms with Crippen molar-refractivity contribution in [1.29, 1.82) is 0 Å². The molecule has 2 aromatic rings. The van der Waals surface area contributed by atoms with Crippen molar-refractivity contribution in [2.75, 3.05) is 6.61 Å². The average Bonchev–Trinajstić information content (AvgIpc) is 3.04. The number of rotatable bonds is 7. The largest absolute Gasteiger partial charge is 0.478 e. The van der Waals surface area contributed by atoms with Crippen molar-refractivity contribution >= 4 is 11.8 Å². The first kappa shape index (κ1) is 16.2. The first-order valence-electron chi connectivity index (χ1n) is 8.27. The van der Waals surface area contributed by atoms with E-state index in [-0.39, 0.29) is 24.3 Å². The third-order valence-electron chi connectivity index (χ3n) is 4.17. The summed E-state index contributed by atoms with van der Waals surface area (Å²) in [6.45, 7) is 0.564. The Bertz CT molecular complexity index is 698.